The highest BCUT2D eigenvalue weighted by Gasteiger charge is 2.07. The number of rotatable bonds is 4. The third-order valence-corrected chi connectivity index (χ3v) is 2.91. The lowest BCUT2D eigenvalue weighted by molar-refractivity contribution is 0.410. The highest BCUT2D eigenvalue weighted by Crippen LogP contribution is 2.20. The number of halogens is 1. The maximum Gasteiger partial charge on any atom is 0.133 e. The molecule has 94 valence electrons. The molecule has 0 saturated heterocycles. The number of methoxy groups -OCH3 is 1. The first-order valence-electron chi connectivity index (χ1n) is 5.74. The Morgan fingerprint density at radius 2 is 2.00 bits per heavy atom. The first-order valence-corrected chi connectivity index (χ1v) is 6.27. The first-order chi connectivity index (χ1) is 8.72. The lowest BCUT2D eigenvalue weighted by Crippen LogP contribution is -2.02. The Balaban J connectivity index is 2.30. The van der Waals surface area contributed by atoms with Crippen molar-refractivity contribution in [2.24, 2.45) is 0 Å². The van der Waals surface area contributed by atoms with Crippen molar-refractivity contribution in [1.82, 2.24) is 9.97 Å². The van der Waals surface area contributed by atoms with Gasteiger partial charge in [0.1, 0.15) is 11.6 Å². The zero-order valence-electron chi connectivity index (χ0n) is 10.5. The fourth-order valence-electron chi connectivity index (χ4n) is 1.87. The second kappa shape index (κ2) is 5.83. The summed E-state index contributed by atoms with van der Waals surface area (Å²) in [4.78, 5) is 8.85. The highest BCUT2D eigenvalue weighted by molar-refractivity contribution is 6.16. The van der Waals surface area contributed by atoms with Crippen molar-refractivity contribution in [3.8, 4) is 5.75 Å². The predicted molar refractivity (Wildman–Crippen MR) is 72.1 cm³/mol. The fourth-order valence-corrected chi connectivity index (χ4v) is 2.00. The third kappa shape index (κ3) is 2.99. The zero-order chi connectivity index (χ0) is 13.0. The van der Waals surface area contributed by atoms with E-state index in [4.69, 9.17) is 16.3 Å². The molecule has 0 radical (unpaired) electrons. The summed E-state index contributed by atoms with van der Waals surface area (Å²) in [5, 5.41) is 0. The summed E-state index contributed by atoms with van der Waals surface area (Å²) in [6, 6.07) is 9.79. The summed E-state index contributed by atoms with van der Waals surface area (Å²) in [5.41, 5.74) is 2.87. The SMILES string of the molecule is COc1ccccc1Cc1nc(C)cc(CCl)n1. The van der Waals surface area contributed by atoms with Crippen molar-refractivity contribution in [3.63, 3.8) is 0 Å². The summed E-state index contributed by atoms with van der Waals surface area (Å²) < 4.78 is 5.32. The van der Waals surface area contributed by atoms with Gasteiger partial charge in [-0.1, -0.05) is 18.2 Å². The molecular weight excluding hydrogens is 248 g/mol. The molecule has 4 heteroatoms. The van der Waals surface area contributed by atoms with Crippen LogP contribution in [0.15, 0.2) is 30.3 Å². The number of nitrogens with zero attached hydrogens (tertiary/aromatic N) is 2. The predicted octanol–water partition coefficient (Wildman–Crippen LogP) is 3.12. The molecule has 1 aromatic heterocycles. The van der Waals surface area contributed by atoms with Crippen molar-refractivity contribution in [2.45, 2.75) is 19.2 Å². The van der Waals surface area contributed by atoms with Crippen molar-refractivity contribution >= 4 is 11.6 Å². The Hall–Kier alpha value is -1.61. The molecule has 0 spiro atoms. The smallest absolute Gasteiger partial charge is 0.133 e. The lowest BCUT2D eigenvalue weighted by Gasteiger charge is -2.08. The van der Waals surface area contributed by atoms with E-state index >= 15 is 0 Å². The van der Waals surface area contributed by atoms with Crippen LogP contribution in [0.25, 0.3) is 0 Å². The second-order valence-electron chi connectivity index (χ2n) is 4.04. The Labute approximate surface area is 112 Å². The summed E-state index contributed by atoms with van der Waals surface area (Å²) in [7, 11) is 1.67. The minimum atomic E-state index is 0.405. The Bertz CT molecular complexity index is 543. The molecule has 0 unspecified atom stereocenters. The van der Waals surface area contributed by atoms with Gasteiger partial charge >= 0.3 is 0 Å². The quantitative estimate of drug-likeness (QED) is 0.794. The van der Waals surface area contributed by atoms with Crippen LogP contribution in [-0.2, 0) is 12.3 Å². The van der Waals surface area contributed by atoms with Crippen LogP contribution >= 0.6 is 11.6 Å². The monoisotopic (exact) mass is 262 g/mol. The van der Waals surface area contributed by atoms with Crippen LogP contribution < -0.4 is 4.74 Å². The number of aromatic nitrogens is 2. The van der Waals surface area contributed by atoms with Gasteiger partial charge in [-0.2, -0.15) is 0 Å². The van der Waals surface area contributed by atoms with Gasteiger partial charge in [-0.25, -0.2) is 9.97 Å². The molecule has 0 aliphatic rings. The normalized spacial score (nSPS) is 10.4. The standard InChI is InChI=1S/C14H15ClN2O/c1-10-7-12(9-15)17-14(16-10)8-11-5-3-4-6-13(11)18-2/h3-7H,8-9H2,1-2H3. The topological polar surface area (TPSA) is 35.0 Å². The average Bonchev–Trinajstić information content (AvgIpc) is 2.38. The molecule has 3 nitrogen and oxygen atoms in total. The van der Waals surface area contributed by atoms with Crippen molar-refractivity contribution in [2.75, 3.05) is 7.11 Å². The fraction of sp³-hybridized carbons (Fsp3) is 0.286. The van der Waals surface area contributed by atoms with Crippen molar-refractivity contribution in [1.29, 1.82) is 0 Å². The number of para-hydroxylation sites is 1. The van der Waals surface area contributed by atoms with Gasteiger partial charge in [0.05, 0.1) is 18.7 Å². The lowest BCUT2D eigenvalue weighted by atomic mass is 10.1. The molecule has 0 fully saturated rings. The van der Waals surface area contributed by atoms with E-state index in [0.29, 0.717) is 12.3 Å². The molecule has 1 heterocycles. The van der Waals surface area contributed by atoms with Crippen LogP contribution in [0.4, 0.5) is 0 Å². The van der Waals surface area contributed by atoms with Gasteiger partial charge in [-0.3, -0.25) is 0 Å². The van der Waals surface area contributed by atoms with Gasteiger partial charge in [-0.15, -0.1) is 11.6 Å². The first kappa shape index (κ1) is 12.8. The largest absolute Gasteiger partial charge is 0.496 e. The van der Waals surface area contributed by atoms with Crippen molar-refractivity contribution in [3.05, 3.63) is 53.1 Å². The van der Waals surface area contributed by atoms with E-state index in [1.165, 1.54) is 0 Å². The molecular formula is C14H15ClN2O. The van der Waals surface area contributed by atoms with Gasteiger partial charge < -0.3 is 4.74 Å². The van der Waals surface area contributed by atoms with Gasteiger partial charge in [0.25, 0.3) is 0 Å². The van der Waals surface area contributed by atoms with Crippen LogP contribution in [-0.4, -0.2) is 17.1 Å². The number of alkyl halides is 1. The molecule has 18 heavy (non-hydrogen) atoms. The number of hydrogen-bond donors (Lipinski definition) is 0. The van der Waals surface area contributed by atoms with E-state index in [0.717, 1.165) is 28.5 Å². The summed E-state index contributed by atoms with van der Waals surface area (Å²) >= 11 is 5.82. The van der Waals surface area contributed by atoms with Crippen LogP contribution in [0, 0.1) is 6.92 Å². The van der Waals surface area contributed by atoms with Gasteiger partial charge in [0.15, 0.2) is 0 Å². The molecule has 0 atom stereocenters. The second-order valence-corrected chi connectivity index (χ2v) is 4.31. The van der Waals surface area contributed by atoms with E-state index in [-0.39, 0.29) is 0 Å². The zero-order valence-corrected chi connectivity index (χ0v) is 11.2. The van der Waals surface area contributed by atoms with Gasteiger partial charge in [0.2, 0.25) is 0 Å². The summed E-state index contributed by atoms with van der Waals surface area (Å²) in [5.74, 6) is 2.03. The Kier molecular flexibility index (Phi) is 4.15. The van der Waals surface area contributed by atoms with Crippen LogP contribution in [0.1, 0.15) is 22.8 Å². The maximum absolute atomic E-state index is 5.82. The molecule has 0 saturated carbocycles. The summed E-state index contributed by atoms with van der Waals surface area (Å²) in [6.07, 6.45) is 0.648. The van der Waals surface area contributed by atoms with E-state index in [1.54, 1.807) is 7.11 Å². The minimum absolute atomic E-state index is 0.405. The van der Waals surface area contributed by atoms with E-state index in [1.807, 2.05) is 37.3 Å². The number of aryl methyl sites for hydroxylation is 1. The van der Waals surface area contributed by atoms with Crippen LogP contribution in [0.5, 0.6) is 5.75 Å². The molecule has 0 aliphatic heterocycles. The van der Waals surface area contributed by atoms with E-state index in [2.05, 4.69) is 9.97 Å². The van der Waals surface area contributed by atoms with Gasteiger partial charge in [0, 0.05) is 17.7 Å². The Morgan fingerprint density at radius 1 is 1.22 bits per heavy atom. The van der Waals surface area contributed by atoms with E-state index < -0.39 is 0 Å². The average molecular weight is 263 g/mol. The highest BCUT2D eigenvalue weighted by atomic mass is 35.5. The molecule has 0 N–H and O–H groups in total. The molecule has 0 bridgehead atoms. The molecule has 0 amide bonds. The minimum Gasteiger partial charge on any atom is -0.496 e. The van der Waals surface area contributed by atoms with E-state index in [9.17, 15) is 0 Å². The third-order valence-electron chi connectivity index (χ3n) is 2.63. The van der Waals surface area contributed by atoms with Crippen LogP contribution in [0.2, 0.25) is 0 Å². The molecule has 1 aromatic carbocycles. The molecule has 2 aromatic rings. The van der Waals surface area contributed by atoms with Crippen LogP contribution in [0.3, 0.4) is 0 Å². The molecule has 2 rings (SSSR count). The maximum atomic E-state index is 5.82. The summed E-state index contributed by atoms with van der Waals surface area (Å²) in [6.45, 7) is 1.95. The Morgan fingerprint density at radius 3 is 2.72 bits per heavy atom. The number of ether oxygens (including phenoxy) is 1. The van der Waals surface area contributed by atoms with Gasteiger partial charge in [-0.05, 0) is 19.1 Å². The molecule has 0 aliphatic carbocycles. The number of benzene rings is 1. The number of hydrogen-bond acceptors (Lipinski definition) is 3. The van der Waals surface area contributed by atoms with Crippen molar-refractivity contribution < 1.29 is 4.74 Å².